The number of ketones is 1. The number of alkyl halides is 1. The zero-order chi connectivity index (χ0) is 11.3. The van der Waals surface area contributed by atoms with E-state index in [0.29, 0.717) is 0 Å². The molecule has 0 amide bonds. The first kappa shape index (κ1) is 12.1. The van der Waals surface area contributed by atoms with Gasteiger partial charge in [-0.3, -0.25) is 4.79 Å². The molecular weight excluding hydrogens is 256 g/mol. The summed E-state index contributed by atoms with van der Waals surface area (Å²) in [6.07, 6.45) is 2.51. The molecule has 80 valence electrons. The van der Waals surface area contributed by atoms with E-state index in [2.05, 4.69) is 15.9 Å². The Hall–Kier alpha value is -0.960. The monoisotopic (exact) mass is 268 g/mol. The van der Waals surface area contributed by atoms with Crippen LogP contribution in [0.2, 0.25) is 0 Å². The van der Waals surface area contributed by atoms with Crippen molar-refractivity contribution in [3.8, 4) is 0 Å². The largest absolute Gasteiger partial charge is 0.302 e. The Kier molecular flexibility index (Phi) is 4.69. The summed E-state index contributed by atoms with van der Waals surface area (Å²) in [5, 5.41) is 0. The van der Waals surface area contributed by atoms with Gasteiger partial charge in [0.15, 0.2) is 5.78 Å². The molecule has 1 rings (SSSR count). The fourth-order valence-corrected chi connectivity index (χ4v) is 1.51. The average molecular weight is 269 g/mol. The van der Waals surface area contributed by atoms with Gasteiger partial charge in [-0.15, -0.1) is 0 Å². The van der Waals surface area contributed by atoms with E-state index in [9.17, 15) is 9.59 Å². The van der Waals surface area contributed by atoms with Gasteiger partial charge in [0.05, 0.1) is 4.83 Å². The van der Waals surface area contributed by atoms with Crippen molar-refractivity contribution in [1.82, 2.24) is 0 Å². The lowest BCUT2D eigenvalue weighted by Gasteiger charge is -2.03. The first-order valence-corrected chi connectivity index (χ1v) is 5.74. The highest BCUT2D eigenvalue weighted by atomic mass is 79.9. The van der Waals surface area contributed by atoms with Crippen molar-refractivity contribution in [3.05, 3.63) is 35.4 Å². The zero-order valence-corrected chi connectivity index (χ0v) is 10.2. The molecular formula is C12H13BrO2. The van der Waals surface area contributed by atoms with Gasteiger partial charge >= 0.3 is 0 Å². The lowest BCUT2D eigenvalue weighted by molar-refractivity contribution is -0.107. The molecule has 0 radical (unpaired) electrons. The number of aryl methyl sites for hydroxylation is 1. The van der Waals surface area contributed by atoms with E-state index in [1.807, 2.05) is 24.3 Å². The Morgan fingerprint density at radius 3 is 2.47 bits per heavy atom. The maximum Gasteiger partial charge on any atom is 0.159 e. The minimum Gasteiger partial charge on any atom is -0.302 e. The average Bonchev–Trinajstić information content (AvgIpc) is 2.26. The molecule has 0 saturated carbocycles. The summed E-state index contributed by atoms with van der Waals surface area (Å²) in [4.78, 5) is 21.3. The molecule has 0 saturated heterocycles. The molecule has 0 aliphatic rings. The highest BCUT2D eigenvalue weighted by Gasteiger charge is 2.03. The number of carbonyl (C=O) groups excluding carboxylic acids is 2. The van der Waals surface area contributed by atoms with Gasteiger partial charge < -0.3 is 4.79 Å². The molecule has 0 bridgehead atoms. The molecule has 0 aromatic heterocycles. The maximum absolute atomic E-state index is 11.0. The summed E-state index contributed by atoms with van der Waals surface area (Å²) in [7, 11) is 0. The van der Waals surface area contributed by atoms with Crippen LogP contribution in [0, 0.1) is 0 Å². The molecule has 1 aromatic carbocycles. The third kappa shape index (κ3) is 3.96. The van der Waals surface area contributed by atoms with E-state index < -0.39 is 0 Å². The van der Waals surface area contributed by atoms with Gasteiger partial charge in [-0.2, -0.15) is 0 Å². The Bertz CT molecular complexity index is 343. The van der Waals surface area contributed by atoms with Crippen LogP contribution in [-0.2, 0) is 11.2 Å². The Morgan fingerprint density at radius 1 is 1.40 bits per heavy atom. The SMILES string of the molecule is CC(=O)c1ccc(CCC(Br)C=O)cc1. The first-order valence-electron chi connectivity index (χ1n) is 4.82. The number of aldehydes is 1. The van der Waals surface area contributed by atoms with Gasteiger partial charge in [0.25, 0.3) is 0 Å². The van der Waals surface area contributed by atoms with Crippen molar-refractivity contribution in [1.29, 1.82) is 0 Å². The standard InChI is InChI=1S/C12H13BrO2/c1-9(15)11-5-2-10(3-6-11)4-7-12(13)8-14/h2-3,5-6,8,12H,4,7H2,1H3. The summed E-state index contributed by atoms with van der Waals surface area (Å²) in [6, 6.07) is 7.51. The molecule has 1 unspecified atom stereocenters. The van der Waals surface area contributed by atoms with Crippen molar-refractivity contribution in [2.75, 3.05) is 0 Å². The number of benzene rings is 1. The van der Waals surface area contributed by atoms with Crippen LogP contribution in [0.3, 0.4) is 0 Å². The minimum absolute atomic E-state index is 0.0767. The summed E-state index contributed by atoms with van der Waals surface area (Å²) in [6.45, 7) is 1.55. The van der Waals surface area contributed by atoms with Crippen LogP contribution < -0.4 is 0 Å². The van der Waals surface area contributed by atoms with Crippen molar-refractivity contribution in [2.24, 2.45) is 0 Å². The van der Waals surface area contributed by atoms with E-state index in [1.165, 1.54) is 0 Å². The molecule has 1 aromatic rings. The third-order valence-corrected chi connectivity index (χ3v) is 2.89. The van der Waals surface area contributed by atoms with Crippen LogP contribution in [0.1, 0.15) is 29.3 Å². The highest BCUT2D eigenvalue weighted by Crippen LogP contribution is 2.11. The van der Waals surface area contributed by atoms with Crippen LogP contribution in [0.4, 0.5) is 0 Å². The molecule has 0 N–H and O–H groups in total. The van der Waals surface area contributed by atoms with Gasteiger partial charge in [-0.25, -0.2) is 0 Å². The van der Waals surface area contributed by atoms with Crippen molar-refractivity contribution in [2.45, 2.75) is 24.6 Å². The molecule has 0 spiro atoms. The van der Waals surface area contributed by atoms with Crippen LogP contribution in [0.5, 0.6) is 0 Å². The van der Waals surface area contributed by atoms with Gasteiger partial charge in [0.2, 0.25) is 0 Å². The molecule has 0 heterocycles. The quantitative estimate of drug-likeness (QED) is 0.468. The van der Waals surface area contributed by atoms with Crippen LogP contribution in [-0.4, -0.2) is 16.9 Å². The number of halogens is 1. The minimum atomic E-state index is -0.0787. The van der Waals surface area contributed by atoms with Gasteiger partial charge in [0.1, 0.15) is 6.29 Å². The second-order valence-corrected chi connectivity index (χ2v) is 4.62. The van der Waals surface area contributed by atoms with Gasteiger partial charge in [-0.05, 0) is 25.3 Å². The Labute approximate surface area is 97.8 Å². The van der Waals surface area contributed by atoms with Crippen LogP contribution >= 0.6 is 15.9 Å². The van der Waals surface area contributed by atoms with E-state index in [0.717, 1.165) is 30.3 Å². The fourth-order valence-electron chi connectivity index (χ4n) is 1.28. The van der Waals surface area contributed by atoms with Crippen LogP contribution in [0.15, 0.2) is 24.3 Å². The predicted octanol–water partition coefficient (Wildman–Crippen LogP) is 2.78. The molecule has 15 heavy (non-hydrogen) atoms. The Morgan fingerprint density at radius 2 is 2.00 bits per heavy atom. The number of Topliss-reactive ketones (excluding diaryl/α,β-unsaturated/α-hetero) is 1. The normalized spacial score (nSPS) is 12.1. The van der Waals surface area contributed by atoms with E-state index in [-0.39, 0.29) is 10.6 Å². The van der Waals surface area contributed by atoms with Crippen LogP contribution in [0.25, 0.3) is 0 Å². The van der Waals surface area contributed by atoms with Gasteiger partial charge in [-0.1, -0.05) is 40.2 Å². The number of rotatable bonds is 5. The lowest BCUT2D eigenvalue weighted by atomic mass is 10.0. The zero-order valence-electron chi connectivity index (χ0n) is 8.57. The number of hydrogen-bond donors (Lipinski definition) is 0. The molecule has 0 aliphatic heterocycles. The van der Waals surface area contributed by atoms with E-state index in [4.69, 9.17) is 0 Å². The van der Waals surface area contributed by atoms with Crippen molar-refractivity contribution >= 4 is 28.0 Å². The second-order valence-electron chi connectivity index (χ2n) is 3.44. The van der Waals surface area contributed by atoms with E-state index in [1.54, 1.807) is 6.92 Å². The van der Waals surface area contributed by atoms with Gasteiger partial charge in [0, 0.05) is 5.56 Å². The smallest absolute Gasteiger partial charge is 0.159 e. The second kappa shape index (κ2) is 5.81. The summed E-state index contributed by atoms with van der Waals surface area (Å²) in [5.41, 5.74) is 1.87. The lowest BCUT2D eigenvalue weighted by Crippen LogP contribution is -2.01. The first-order chi connectivity index (χ1) is 7.13. The van der Waals surface area contributed by atoms with E-state index >= 15 is 0 Å². The molecule has 0 aliphatic carbocycles. The summed E-state index contributed by atoms with van der Waals surface area (Å²) in [5.74, 6) is 0.0767. The molecule has 3 heteroatoms. The maximum atomic E-state index is 11.0. The third-order valence-electron chi connectivity index (χ3n) is 2.22. The predicted molar refractivity (Wildman–Crippen MR) is 63.5 cm³/mol. The molecule has 2 nitrogen and oxygen atoms in total. The van der Waals surface area contributed by atoms with Crippen molar-refractivity contribution in [3.63, 3.8) is 0 Å². The topological polar surface area (TPSA) is 34.1 Å². The Balaban J connectivity index is 2.57. The number of hydrogen-bond acceptors (Lipinski definition) is 2. The molecule has 1 atom stereocenters. The summed E-state index contributed by atoms with van der Waals surface area (Å²) >= 11 is 3.25. The highest BCUT2D eigenvalue weighted by molar-refractivity contribution is 9.09. The number of carbonyl (C=O) groups is 2. The fraction of sp³-hybridized carbons (Fsp3) is 0.333. The molecule has 0 fully saturated rings. The van der Waals surface area contributed by atoms with Crippen molar-refractivity contribution < 1.29 is 9.59 Å². The summed E-state index contributed by atoms with van der Waals surface area (Å²) < 4.78 is 0.